The number of hydrogen-bond donors (Lipinski definition) is 1. The zero-order valence-corrected chi connectivity index (χ0v) is 42.4. The number of rotatable bonds is 10. The number of halogens is 7. The lowest BCUT2D eigenvalue weighted by Crippen LogP contribution is -2.10. The molecule has 8 aromatic rings. The van der Waals surface area contributed by atoms with Gasteiger partial charge in [0.15, 0.2) is 5.78 Å². The number of carbonyl (C=O) groups is 1. The first kappa shape index (κ1) is 51.4. The van der Waals surface area contributed by atoms with E-state index in [4.69, 9.17) is 97.8 Å². The van der Waals surface area contributed by atoms with Gasteiger partial charge in [-0.2, -0.15) is 5.26 Å². The second-order valence-electron chi connectivity index (χ2n) is 14.0. The van der Waals surface area contributed by atoms with Gasteiger partial charge >= 0.3 is 0 Å². The van der Waals surface area contributed by atoms with Crippen LogP contribution in [0.25, 0.3) is 22.6 Å². The average Bonchev–Trinajstić information content (AvgIpc) is 4.07. The Hall–Kier alpha value is -4.58. The summed E-state index contributed by atoms with van der Waals surface area (Å²) < 4.78 is 3.94. The third kappa shape index (κ3) is 16.1. The molecule has 0 unspecified atom stereocenters. The Balaban J connectivity index is 0.000000175. The molecule has 0 fully saturated rings. The van der Waals surface area contributed by atoms with E-state index in [0.29, 0.717) is 53.3 Å². The summed E-state index contributed by atoms with van der Waals surface area (Å²) in [6.45, 7) is 3.93. The van der Waals surface area contributed by atoms with E-state index in [1.807, 2.05) is 96.3 Å². The molecule has 0 bridgehead atoms. The second-order valence-corrected chi connectivity index (χ2v) is 18.5. The van der Waals surface area contributed by atoms with Gasteiger partial charge in [-0.3, -0.25) is 4.79 Å². The van der Waals surface area contributed by atoms with Crippen LogP contribution in [0.4, 0.5) is 0 Å². The van der Waals surface area contributed by atoms with Crippen molar-refractivity contribution in [1.29, 1.82) is 5.26 Å². The Kier molecular flexibility index (Phi) is 20.1. The minimum absolute atomic E-state index is 0.0911. The largest absolute Gasteiger partial charge is 0.393 e. The van der Waals surface area contributed by atoms with Crippen LogP contribution in [-0.2, 0) is 19.3 Å². The molecule has 332 valence electrons. The monoisotopic (exact) mass is 1080 g/mol. The van der Waals surface area contributed by atoms with Crippen LogP contribution in [0.5, 0.6) is 0 Å². The number of alkyl halides is 1. The molecule has 8 nitrogen and oxygen atoms in total. The summed E-state index contributed by atoms with van der Waals surface area (Å²) in [6.07, 6.45) is 9.21. The number of nitriles is 1. The van der Waals surface area contributed by atoms with Crippen molar-refractivity contribution in [3.05, 3.63) is 202 Å². The predicted octanol–water partition coefficient (Wildman–Crippen LogP) is 14.8. The zero-order valence-electron chi connectivity index (χ0n) is 34.7. The summed E-state index contributed by atoms with van der Waals surface area (Å²) in [5.41, 5.74) is 15.2. The molecule has 0 atom stereocenters. The maximum Gasteiger partial charge on any atom is 0.173 e. The summed E-state index contributed by atoms with van der Waals surface area (Å²) in [5, 5.41) is 15.1. The molecular weight excluding hydrogens is 1050 g/mol. The van der Waals surface area contributed by atoms with Crippen molar-refractivity contribution in [2.45, 2.75) is 33.1 Å². The number of thiocarbonyl (C=S) groups is 1. The number of hydrogen-bond acceptors (Lipinski definition) is 7. The van der Waals surface area contributed by atoms with Gasteiger partial charge in [-0.1, -0.05) is 128 Å². The number of nitrogens with zero attached hydrogens (tertiary/aromatic N) is 6. The van der Waals surface area contributed by atoms with Gasteiger partial charge in [0.25, 0.3) is 0 Å². The lowest BCUT2D eigenvalue weighted by atomic mass is 10.1. The standard InChI is InChI=1S/C20H15Cl2N3S.C12H11BrN2O.C8H7Cl2NS.C8H5Cl2N/c1-13-10-25(12-23-13)16-5-3-15(4-6-16)19-11-26-20(24-19)9-14-2-7-17(21)18(22)8-14;1-9-7-15(8-14-9)11-4-2-10(3-5-11)12(16)6-13;9-6-2-1-5(3-7(6)10)4-8(11)12;9-7-2-1-6(3-4-11)5-8(7)10/h2-8,10-12H,9H2,1H3;2-5,7-8H,6H2,1H3;1-3H,4H2,(H2,11,12);1-2,5H,3H2. The number of imidazole rings is 2. The predicted molar refractivity (Wildman–Crippen MR) is 278 cm³/mol. The molecule has 65 heavy (non-hydrogen) atoms. The molecule has 5 aromatic carbocycles. The van der Waals surface area contributed by atoms with Crippen molar-refractivity contribution in [3.8, 4) is 28.7 Å². The summed E-state index contributed by atoms with van der Waals surface area (Å²) in [6, 6.07) is 34.1. The molecule has 0 spiro atoms. The molecule has 0 aliphatic rings. The van der Waals surface area contributed by atoms with Crippen LogP contribution in [0.2, 0.25) is 30.1 Å². The smallest absolute Gasteiger partial charge is 0.173 e. The Morgan fingerprint density at radius 2 is 1.18 bits per heavy atom. The number of aromatic nitrogens is 5. The summed E-state index contributed by atoms with van der Waals surface area (Å²) in [4.78, 5) is 25.0. The number of nitrogens with two attached hydrogens (primary N) is 1. The van der Waals surface area contributed by atoms with Crippen LogP contribution in [0.3, 0.4) is 0 Å². The molecule has 3 heterocycles. The van der Waals surface area contributed by atoms with E-state index >= 15 is 0 Å². The topological polar surface area (TPSA) is 115 Å². The molecule has 17 heteroatoms. The molecule has 0 saturated heterocycles. The third-order valence-corrected chi connectivity index (χ3v) is 12.7. The molecule has 3 aromatic heterocycles. The SMILES string of the molecule is Cc1cn(-c2ccc(-c3csc(Cc4ccc(Cl)c(Cl)c4)n3)cc2)cn1.Cc1cn(-c2ccc(C(=O)CBr)cc2)cn1.N#CCc1ccc(Cl)c(Cl)c1.NC(=S)Cc1ccc(Cl)c(Cl)c1. The highest BCUT2D eigenvalue weighted by Crippen LogP contribution is 2.28. The van der Waals surface area contributed by atoms with Crippen molar-refractivity contribution in [1.82, 2.24) is 24.1 Å². The average molecular weight is 1090 g/mol. The molecule has 0 amide bonds. The number of aryl methyl sites for hydroxylation is 2. The Morgan fingerprint density at radius 3 is 1.65 bits per heavy atom. The van der Waals surface area contributed by atoms with Crippen LogP contribution >= 0.6 is 109 Å². The Bertz CT molecular complexity index is 2910. The van der Waals surface area contributed by atoms with Gasteiger partial charge in [0.05, 0.1) is 87.7 Å². The Labute approximate surface area is 425 Å². The minimum Gasteiger partial charge on any atom is -0.393 e. The van der Waals surface area contributed by atoms with Gasteiger partial charge in [-0.05, 0) is 103 Å². The van der Waals surface area contributed by atoms with Gasteiger partial charge in [0.1, 0.15) is 0 Å². The third-order valence-electron chi connectivity index (χ3n) is 9.01. The molecule has 8 rings (SSSR count). The fraction of sp³-hybridized carbons (Fsp3) is 0.125. The van der Waals surface area contributed by atoms with Crippen molar-refractivity contribution >= 4 is 120 Å². The first-order chi connectivity index (χ1) is 31.1. The highest BCUT2D eigenvalue weighted by atomic mass is 79.9. The normalized spacial score (nSPS) is 10.3. The fourth-order valence-electron chi connectivity index (χ4n) is 5.77. The van der Waals surface area contributed by atoms with Gasteiger partial charge < -0.3 is 14.9 Å². The van der Waals surface area contributed by atoms with Gasteiger partial charge in [0, 0.05) is 53.1 Å². The Morgan fingerprint density at radius 1 is 0.708 bits per heavy atom. The summed E-state index contributed by atoms with van der Waals surface area (Å²) in [7, 11) is 0. The molecular formula is C48H38BrCl6N7OS2. The molecule has 0 aliphatic heterocycles. The quantitative estimate of drug-likeness (QED) is 0.0824. The van der Waals surface area contributed by atoms with Crippen molar-refractivity contribution < 1.29 is 4.79 Å². The van der Waals surface area contributed by atoms with E-state index in [0.717, 1.165) is 67.7 Å². The lowest BCUT2D eigenvalue weighted by molar-refractivity contribution is 0.102. The van der Waals surface area contributed by atoms with Crippen molar-refractivity contribution in [2.24, 2.45) is 5.73 Å². The van der Waals surface area contributed by atoms with E-state index in [9.17, 15) is 4.79 Å². The maximum atomic E-state index is 11.4. The minimum atomic E-state index is 0.0911. The number of thiazole rings is 1. The van der Waals surface area contributed by atoms with Crippen LogP contribution < -0.4 is 5.73 Å². The van der Waals surface area contributed by atoms with Gasteiger partial charge in [0.2, 0.25) is 0 Å². The summed E-state index contributed by atoms with van der Waals surface area (Å²) in [5.74, 6) is 0.0911. The summed E-state index contributed by atoms with van der Waals surface area (Å²) >= 11 is 44.5. The number of carbonyl (C=O) groups excluding carboxylic acids is 1. The van der Waals surface area contributed by atoms with Crippen LogP contribution in [0, 0.1) is 25.2 Å². The highest BCUT2D eigenvalue weighted by Gasteiger charge is 2.09. The van der Waals surface area contributed by atoms with Crippen LogP contribution in [-0.4, -0.2) is 40.2 Å². The van der Waals surface area contributed by atoms with E-state index < -0.39 is 0 Å². The maximum absolute atomic E-state index is 11.4. The van der Waals surface area contributed by atoms with Gasteiger partial charge in [-0.25, -0.2) is 15.0 Å². The van der Waals surface area contributed by atoms with Crippen molar-refractivity contribution in [3.63, 3.8) is 0 Å². The highest BCUT2D eigenvalue weighted by molar-refractivity contribution is 9.09. The second kappa shape index (κ2) is 25.4. The molecule has 0 radical (unpaired) electrons. The number of benzene rings is 5. The molecule has 2 N–H and O–H groups in total. The molecule has 0 saturated carbocycles. The van der Waals surface area contributed by atoms with E-state index in [-0.39, 0.29) is 5.78 Å². The zero-order chi connectivity index (χ0) is 47.0. The van der Waals surface area contributed by atoms with E-state index in [1.54, 1.807) is 48.0 Å². The first-order valence-corrected chi connectivity index (χ1v) is 24.0. The van der Waals surface area contributed by atoms with Crippen LogP contribution in [0.1, 0.15) is 43.4 Å². The fourth-order valence-corrected chi connectivity index (χ4v) is 8.06. The van der Waals surface area contributed by atoms with E-state index in [1.165, 1.54) is 0 Å². The first-order valence-electron chi connectivity index (χ1n) is 19.4. The van der Waals surface area contributed by atoms with Crippen LogP contribution in [0.15, 0.2) is 134 Å². The lowest BCUT2D eigenvalue weighted by Gasteiger charge is -2.03. The number of Topliss-reactive ketones (excluding diaryl/α,β-unsaturated/α-hetero) is 1. The van der Waals surface area contributed by atoms with Gasteiger partial charge in [-0.15, -0.1) is 11.3 Å². The number of ketones is 1. The van der Waals surface area contributed by atoms with E-state index in [2.05, 4.69) is 55.5 Å². The van der Waals surface area contributed by atoms with Crippen molar-refractivity contribution in [2.75, 3.05) is 5.33 Å². The molecule has 0 aliphatic carbocycles.